The minimum absolute atomic E-state index is 0.195. The Balaban J connectivity index is 1.73. The van der Waals surface area contributed by atoms with Gasteiger partial charge < -0.3 is 10.4 Å². The number of fused-ring (bicyclic) bond motifs is 1. The number of aliphatic hydroxyl groups is 1. The van der Waals surface area contributed by atoms with Gasteiger partial charge in [-0.05, 0) is 41.7 Å². The number of aliphatic hydroxyl groups excluding tert-OH is 1. The van der Waals surface area contributed by atoms with Crippen molar-refractivity contribution in [3.05, 3.63) is 64.8 Å². The van der Waals surface area contributed by atoms with Crippen molar-refractivity contribution in [3.63, 3.8) is 0 Å². The summed E-state index contributed by atoms with van der Waals surface area (Å²) >= 11 is 1.14. The summed E-state index contributed by atoms with van der Waals surface area (Å²) < 4.78 is 17.2. The molecule has 6 heteroatoms. The Kier molecular flexibility index (Phi) is 4.64. The fourth-order valence-corrected chi connectivity index (χ4v) is 3.13. The molecule has 3 rings (SSSR count). The molecule has 1 amide bonds. The van der Waals surface area contributed by atoms with E-state index >= 15 is 0 Å². The molecule has 1 unspecified atom stereocenters. The van der Waals surface area contributed by atoms with E-state index in [1.807, 2.05) is 24.3 Å². The third-order valence-corrected chi connectivity index (χ3v) is 4.42. The number of nitrogens with zero attached hydrogens (tertiary/aromatic N) is 1. The van der Waals surface area contributed by atoms with Gasteiger partial charge in [-0.1, -0.05) is 30.3 Å². The van der Waals surface area contributed by atoms with Crippen LogP contribution in [0.4, 0.5) is 4.39 Å². The molecule has 1 aromatic heterocycles. The highest BCUT2D eigenvalue weighted by Gasteiger charge is 2.18. The van der Waals surface area contributed by atoms with E-state index in [-0.39, 0.29) is 18.3 Å². The molecule has 1 heterocycles. The SMILES string of the molecule is O=C(NC(CO)Cc1ccc(F)cc1)c1snc2ccccc12. The van der Waals surface area contributed by atoms with Crippen molar-refractivity contribution in [2.45, 2.75) is 12.5 Å². The van der Waals surface area contributed by atoms with Gasteiger partial charge in [-0.25, -0.2) is 4.39 Å². The Morgan fingerprint density at radius 3 is 2.70 bits per heavy atom. The lowest BCUT2D eigenvalue weighted by molar-refractivity contribution is 0.0922. The highest BCUT2D eigenvalue weighted by atomic mass is 32.1. The molecule has 0 aliphatic rings. The Morgan fingerprint density at radius 1 is 1.22 bits per heavy atom. The molecule has 0 aliphatic heterocycles. The Labute approximate surface area is 136 Å². The number of hydrogen-bond acceptors (Lipinski definition) is 4. The number of benzene rings is 2. The number of amides is 1. The fraction of sp³-hybridized carbons (Fsp3) is 0.176. The van der Waals surface area contributed by atoms with Gasteiger partial charge in [0.05, 0.1) is 18.2 Å². The maximum atomic E-state index is 12.9. The summed E-state index contributed by atoms with van der Waals surface area (Å²) in [5, 5.41) is 13.1. The third kappa shape index (κ3) is 3.55. The van der Waals surface area contributed by atoms with E-state index in [2.05, 4.69) is 9.69 Å². The van der Waals surface area contributed by atoms with Crippen LogP contribution in [0.15, 0.2) is 48.5 Å². The number of rotatable bonds is 5. The van der Waals surface area contributed by atoms with Gasteiger partial charge in [0.25, 0.3) is 5.91 Å². The molecule has 0 saturated carbocycles. The Bertz CT molecular complexity index is 817. The third-order valence-electron chi connectivity index (χ3n) is 3.54. The van der Waals surface area contributed by atoms with Gasteiger partial charge in [0.15, 0.2) is 0 Å². The minimum atomic E-state index is -0.436. The first-order valence-corrected chi connectivity index (χ1v) is 7.95. The molecular weight excluding hydrogens is 315 g/mol. The second kappa shape index (κ2) is 6.85. The van der Waals surface area contributed by atoms with E-state index in [4.69, 9.17) is 0 Å². The Morgan fingerprint density at radius 2 is 1.96 bits per heavy atom. The van der Waals surface area contributed by atoms with E-state index in [0.29, 0.717) is 11.3 Å². The predicted octanol–water partition coefficient (Wildman–Crippen LogP) is 2.77. The van der Waals surface area contributed by atoms with Crippen LogP contribution < -0.4 is 5.32 Å². The zero-order valence-corrected chi connectivity index (χ0v) is 13.0. The summed E-state index contributed by atoms with van der Waals surface area (Å²) in [5.74, 6) is -0.570. The van der Waals surface area contributed by atoms with Crippen molar-refractivity contribution < 1.29 is 14.3 Å². The zero-order valence-electron chi connectivity index (χ0n) is 12.2. The van der Waals surface area contributed by atoms with Gasteiger partial charge in [0, 0.05) is 5.39 Å². The first-order chi connectivity index (χ1) is 11.2. The molecule has 3 aromatic rings. The highest BCUT2D eigenvalue weighted by molar-refractivity contribution is 7.09. The first kappa shape index (κ1) is 15.6. The van der Waals surface area contributed by atoms with Crippen LogP contribution in [0.2, 0.25) is 0 Å². The summed E-state index contributed by atoms with van der Waals surface area (Å²) in [4.78, 5) is 12.9. The molecule has 0 fully saturated rings. The molecule has 118 valence electrons. The van der Waals surface area contributed by atoms with Crippen molar-refractivity contribution in [1.82, 2.24) is 9.69 Å². The lowest BCUT2D eigenvalue weighted by Crippen LogP contribution is -2.38. The van der Waals surface area contributed by atoms with Gasteiger partial charge in [0.1, 0.15) is 10.7 Å². The number of aromatic nitrogens is 1. The quantitative estimate of drug-likeness (QED) is 0.756. The van der Waals surface area contributed by atoms with Gasteiger partial charge >= 0.3 is 0 Å². The van der Waals surface area contributed by atoms with Crippen LogP contribution in [0.5, 0.6) is 0 Å². The van der Waals surface area contributed by atoms with Gasteiger partial charge in [-0.3, -0.25) is 4.79 Å². The van der Waals surface area contributed by atoms with Crippen LogP contribution in [0.1, 0.15) is 15.2 Å². The molecule has 0 bridgehead atoms. The molecule has 0 aliphatic carbocycles. The maximum Gasteiger partial charge on any atom is 0.263 e. The molecule has 4 nitrogen and oxygen atoms in total. The molecular formula is C17H15FN2O2S. The number of carbonyl (C=O) groups excluding carboxylic acids is 1. The molecule has 1 atom stereocenters. The summed E-state index contributed by atoms with van der Waals surface area (Å²) in [6.07, 6.45) is 0.430. The van der Waals surface area contributed by atoms with Crippen LogP contribution in [-0.4, -0.2) is 28.0 Å². The average molecular weight is 330 g/mol. The van der Waals surface area contributed by atoms with Crippen molar-refractivity contribution in [3.8, 4) is 0 Å². The standard InChI is InChI=1S/C17H15FN2O2S/c18-12-7-5-11(6-8-12)9-13(10-21)19-17(22)16-14-3-1-2-4-15(14)20-23-16/h1-8,13,21H,9-10H2,(H,19,22). The lowest BCUT2D eigenvalue weighted by atomic mass is 10.1. The summed E-state index contributed by atoms with van der Waals surface area (Å²) in [5.41, 5.74) is 1.63. The van der Waals surface area contributed by atoms with Crippen molar-refractivity contribution in [1.29, 1.82) is 0 Å². The second-order valence-electron chi connectivity index (χ2n) is 5.21. The lowest BCUT2D eigenvalue weighted by Gasteiger charge is -2.16. The smallest absolute Gasteiger partial charge is 0.263 e. The molecule has 0 saturated heterocycles. The van der Waals surface area contributed by atoms with Crippen molar-refractivity contribution in [2.75, 3.05) is 6.61 Å². The predicted molar refractivity (Wildman–Crippen MR) is 88.1 cm³/mol. The maximum absolute atomic E-state index is 12.9. The monoisotopic (exact) mass is 330 g/mol. The summed E-state index contributed by atoms with van der Waals surface area (Å²) in [6, 6.07) is 13.0. The van der Waals surface area contributed by atoms with E-state index in [9.17, 15) is 14.3 Å². The van der Waals surface area contributed by atoms with Gasteiger partial charge in [-0.2, -0.15) is 4.37 Å². The van der Waals surface area contributed by atoms with E-state index in [0.717, 1.165) is 28.0 Å². The highest BCUT2D eigenvalue weighted by Crippen LogP contribution is 2.22. The summed E-state index contributed by atoms with van der Waals surface area (Å²) in [6.45, 7) is -0.195. The van der Waals surface area contributed by atoms with Crippen LogP contribution >= 0.6 is 11.5 Å². The van der Waals surface area contributed by atoms with E-state index < -0.39 is 6.04 Å². The molecule has 2 aromatic carbocycles. The molecule has 23 heavy (non-hydrogen) atoms. The van der Waals surface area contributed by atoms with E-state index in [1.165, 1.54) is 12.1 Å². The topological polar surface area (TPSA) is 62.2 Å². The average Bonchev–Trinajstić information content (AvgIpc) is 3.00. The fourth-order valence-electron chi connectivity index (χ4n) is 2.37. The largest absolute Gasteiger partial charge is 0.394 e. The first-order valence-electron chi connectivity index (χ1n) is 7.18. The number of nitrogens with one attached hydrogen (secondary N) is 1. The molecule has 0 radical (unpaired) electrons. The molecule has 0 spiro atoms. The minimum Gasteiger partial charge on any atom is -0.394 e. The Hall–Kier alpha value is -2.31. The van der Waals surface area contributed by atoms with Crippen molar-refractivity contribution >= 4 is 28.3 Å². The van der Waals surface area contributed by atoms with Crippen LogP contribution in [0.3, 0.4) is 0 Å². The number of hydrogen-bond donors (Lipinski definition) is 2. The van der Waals surface area contributed by atoms with Crippen LogP contribution in [-0.2, 0) is 6.42 Å². The van der Waals surface area contributed by atoms with E-state index in [1.54, 1.807) is 12.1 Å². The van der Waals surface area contributed by atoms with Crippen LogP contribution in [0.25, 0.3) is 10.9 Å². The molecule has 2 N–H and O–H groups in total. The van der Waals surface area contributed by atoms with Gasteiger partial charge in [-0.15, -0.1) is 0 Å². The van der Waals surface area contributed by atoms with Gasteiger partial charge in [0.2, 0.25) is 0 Å². The second-order valence-corrected chi connectivity index (χ2v) is 5.99. The normalized spacial score (nSPS) is 12.3. The number of halogens is 1. The van der Waals surface area contributed by atoms with Crippen LogP contribution in [0, 0.1) is 5.82 Å². The summed E-state index contributed by atoms with van der Waals surface area (Å²) in [7, 11) is 0. The zero-order chi connectivity index (χ0) is 16.2. The van der Waals surface area contributed by atoms with Crippen molar-refractivity contribution in [2.24, 2.45) is 0 Å². The number of carbonyl (C=O) groups is 1.